The van der Waals surface area contributed by atoms with Crippen LogP contribution in [0.5, 0.6) is 0 Å². The van der Waals surface area contributed by atoms with Gasteiger partial charge in [0.15, 0.2) is 0 Å². The zero-order chi connectivity index (χ0) is 13.2. The van der Waals surface area contributed by atoms with Crippen molar-refractivity contribution < 1.29 is 0 Å². The average Bonchev–Trinajstić information content (AvgIpc) is 2.83. The molecule has 1 N–H and O–H groups in total. The predicted octanol–water partition coefficient (Wildman–Crippen LogP) is 3.91. The molecule has 0 saturated carbocycles. The summed E-state index contributed by atoms with van der Waals surface area (Å²) in [4.78, 5) is 0. The van der Waals surface area contributed by atoms with Crippen LogP contribution in [0.25, 0.3) is 0 Å². The lowest BCUT2D eigenvalue weighted by Crippen LogP contribution is -2.20. The second kappa shape index (κ2) is 9.15. The van der Waals surface area contributed by atoms with E-state index < -0.39 is 0 Å². The SMILES string of the molecule is CCCCCCCC(NC)c1ccnn1CCC. The summed E-state index contributed by atoms with van der Waals surface area (Å²) in [6.07, 6.45) is 11.0. The molecule has 3 nitrogen and oxygen atoms in total. The van der Waals surface area contributed by atoms with Crippen LogP contribution in [0.3, 0.4) is 0 Å². The molecule has 0 aliphatic carbocycles. The van der Waals surface area contributed by atoms with Gasteiger partial charge in [0.1, 0.15) is 0 Å². The first-order valence-corrected chi connectivity index (χ1v) is 7.52. The van der Waals surface area contributed by atoms with Gasteiger partial charge >= 0.3 is 0 Å². The van der Waals surface area contributed by atoms with E-state index in [9.17, 15) is 0 Å². The Kier molecular flexibility index (Phi) is 7.74. The molecule has 0 saturated heterocycles. The number of hydrogen-bond acceptors (Lipinski definition) is 2. The van der Waals surface area contributed by atoms with Crippen LogP contribution in [-0.4, -0.2) is 16.8 Å². The first kappa shape index (κ1) is 15.2. The summed E-state index contributed by atoms with van der Waals surface area (Å²) < 4.78 is 2.15. The van der Waals surface area contributed by atoms with Gasteiger partial charge in [-0.15, -0.1) is 0 Å². The zero-order valence-electron chi connectivity index (χ0n) is 12.3. The number of hydrogen-bond donors (Lipinski definition) is 1. The summed E-state index contributed by atoms with van der Waals surface area (Å²) in [5, 5.41) is 7.84. The third kappa shape index (κ3) is 4.81. The van der Waals surface area contributed by atoms with Crippen molar-refractivity contribution in [1.29, 1.82) is 0 Å². The molecule has 1 atom stereocenters. The van der Waals surface area contributed by atoms with Crippen molar-refractivity contribution in [2.24, 2.45) is 0 Å². The monoisotopic (exact) mass is 251 g/mol. The van der Waals surface area contributed by atoms with E-state index in [1.807, 2.05) is 6.20 Å². The highest BCUT2D eigenvalue weighted by atomic mass is 15.3. The lowest BCUT2D eigenvalue weighted by atomic mass is 10.0. The standard InChI is InChI=1S/C15H29N3/c1-4-6-7-8-9-10-14(16-3)15-11-12-17-18(15)13-5-2/h11-12,14,16H,4-10,13H2,1-3H3. The zero-order valence-corrected chi connectivity index (χ0v) is 12.3. The fourth-order valence-electron chi connectivity index (χ4n) is 2.43. The van der Waals surface area contributed by atoms with Crippen LogP contribution in [0.1, 0.15) is 70.5 Å². The number of aromatic nitrogens is 2. The Bertz CT molecular complexity index is 306. The third-order valence-electron chi connectivity index (χ3n) is 3.49. The van der Waals surface area contributed by atoms with Crippen LogP contribution in [0.4, 0.5) is 0 Å². The fraction of sp³-hybridized carbons (Fsp3) is 0.800. The highest BCUT2D eigenvalue weighted by Gasteiger charge is 2.13. The van der Waals surface area contributed by atoms with Crippen molar-refractivity contribution in [2.75, 3.05) is 7.05 Å². The minimum absolute atomic E-state index is 0.459. The summed E-state index contributed by atoms with van der Waals surface area (Å²) in [6.45, 7) is 5.49. The summed E-state index contributed by atoms with van der Waals surface area (Å²) in [5.41, 5.74) is 1.34. The quantitative estimate of drug-likeness (QED) is 0.639. The molecule has 0 fully saturated rings. The predicted molar refractivity (Wildman–Crippen MR) is 77.7 cm³/mol. The highest BCUT2D eigenvalue weighted by Crippen LogP contribution is 2.20. The molecule has 1 aromatic rings. The van der Waals surface area contributed by atoms with E-state index in [0.29, 0.717) is 6.04 Å². The summed E-state index contributed by atoms with van der Waals surface area (Å²) in [7, 11) is 2.06. The first-order valence-electron chi connectivity index (χ1n) is 7.52. The molecule has 0 amide bonds. The minimum atomic E-state index is 0.459. The van der Waals surface area contributed by atoms with Gasteiger partial charge in [0, 0.05) is 18.8 Å². The molecule has 0 aromatic carbocycles. The van der Waals surface area contributed by atoms with Crippen molar-refractivity contribution in [2.45, 2.75) is 71.4 Å². The van der Waals surface area contributed by atoms with E-state index in [4.69, 9.17) is 0 Å². The number of rotatable bonds is 10. The van der Waals surface area contributed by atoms with Gasteiger partial charge in [0.2, 0.25) is 0 Å². The maximum Gasteiger partial charge on any atom is 0.0553 e. The number of aryl methyl sites for hydroxylation is 1. The van der Waals surface area contributed by atoms with Gasteiger partial charge in [-0.25, -0.2) is 0 Å². The molecular weight excluding hydrogens is 222 g/mol. The van der Waals surface area contributed by atoms with E-state index in [1.165, 1.54) is 44.2 Å². The molecule has 1 heterocycles. The Morgan fingerprint density at radius 2 is 1.94 bits per heavy atom. The summed E-state index contributed by atoms with van der Waals surface area (Å²) >= 11 is 0. The van der Waals surface area contributed by atoms with E-state index in [0.717, 1.165) is 13.0 Å². The highest BCUT2D eigenvalue weighted by molar-refractivity contribution is 5.06. The lowest BCUT2D eigenvalue weighted by molar-refractivity contribution is 0.454. The Morgan fingerprint density at radius 1 is 1.17 bits per heavy atom. The van der Waals surface area contributed by atoms with Gasteiger partial charge in [-0.2, -0.15) is 5.10 Å². The molecule has 18 heavy (non-hydrogen) atoms. The lowest BCUT2D eigenvalue weighted by Gasteiger charge is -2.17. The molecule has 0 aliphatic heterocycles. The molecule has 3 heteroatoms. The smallest absolute Gasteiger partial charge is 0.0553 e. The average molecular weight is 251 g/mol. The van der Waals surface area contributed by atoms with Crippen LogP contribution in [0.15, 0.2) is 12.3 Å². The van der Waals surface area contributed by atoms with Gasteiger partial charge in [-0.3, -0.25) is 4.68 Å². The molecule has 0 radical (unpaired) electrons. The number of nitrogens with one attached hydrogen (secondary N) is 1. The summed E-state index contributed by atoms with van der Waals surface area (Å²) in [6, 6.07) is 2.61. The topological polar surface area (TPSA) is 29.9 Å². The van der Waals surface area contributed by atoms with Crippen LogP contribution in [0, 0.1) is 0 Å². The molecule has 1 unspecified atom stereocenters. The molecular formula is C15H29N3. The van der Waals surface area contributed by atoms with Gasteiger partial charge in [-0.05, 0) is 26.0 Å². The van der Waals surface area contributed by atoms with E-state index in [2.05, 4.69) is 42.1 Å². The Labute approximate surface area is 112 Å². The maximum atomic E-state index is 4.41. The number of unbranched alkanes of at least 4 members (excludes halogenated alkanes) is 4. The van der Waals surface area contributed by atoms with Crippen molar-refractivity contribution in [3.63, 3.8) is 0 Å². The molecule has 1 aromatic heterocycles. The van der Waals surface area contributed by atoms with Crippen LogP contribution >= 0.6 is 0 Å². The van der Waals surface area contributed by atoms with E-state index in [1.54, 1.807) is 0 Å². The van der Waals surface area contributed by atoms with E-state index >= 15 is 0 Å². The van der Waals surface area contributed by atoms with E-state index in [-0.39, 0.29) is 0 Å². The van der Waals surface area contributed by atoms with Crippen LogP contribution < -0.4 is 5.32 Å². The molecule has 0 spiro atoms. The Balaban J connectivity index is 2.41. The molecule has 0 aliphatic rings. The number of nitrogens with zero attached hydrogens (tertiary/aromatic N) is 2. The normalized spacial score (nSPS) is 12.8. The van der Waals surface area contributed by atoms with Crippen molar-refractivity contribution in [3.05, 3.63) is 18.0 Å². The second-order valence-corrected chi connectivity index (χ2v) is 5.02. The molecule has 104 valence electrons. The first-order chi connectivity index (χ1) is 8.83. The van der Waals surface area contributed by atoms with Crippen molar-refractivity contribution in [1.82, 2.24) is 15.1 Å². The second-order valence-electron chi connectivity index (χ2n) is 5.02. The fourth-order valence-corrected chi connectivity index (χ4v) is 2.43. The van der Waals surface area contributed by atoms with Crippen LogP contribution in [0.2, 0.25) is 0 Å². The Morgan fingerprint density at radius 3 is 2.61 bits per heavy atom. The van der Waals surface area contributed by atoms with Gasteiger partial charge < -0.3 is 5.32 Å². The maximum absolute atomic E-state index is 4.41. The van der Waals surface area contributed by atoms with Gasteiger partial charge in [-0.1, -0.05) is 46.0 Å². The third-order valence-corrected chi connectivity index (χ3v) is 3.49. The minimum Gasteiger partial charge on any atom is -0.312 e. The van der Waals surface area contributed by atoms with Crippen molar-refractivity contribution in [3.8, 4) is 0 Å². The van der Waals surface area contributed by atoms with Gasteiger partial charge in [0.05, 0.1) is 5.69 Å². The molecule has 0 bridgehead atoms. The van der Waals surface area contributed by atoms with Crippen molar-refractivity contribution >= 4 is 0 Å². The van der Waals surface area contributed by atoms with Crippen LogP contribution in [-0.2, 0) is 6.54 Å². The molecule has 1 rings (SSSR count). The summed E-state index contributed by atoms with van der Waals surface area (Å²) in [5.74, 6) is 0. The largest absolute Gasteiger partial charge is 0.312 e. The Hall–Kier alpha value is -0.830. The van der Waals surface area contributed by atoms with Gasteiger partial charge in [0.25, 0.3) is 0 Å².